The summed E-state index contributed by atoms with van der Waals surface area (Å²) in [6, 6.07) is 6.78. The van der Waals surface area contributed by atoms with Crippen LogP contribution in [-0.4, -0.2) is 50.1 Å². The summed E-state index contributed by atoms with van der Waals surface area (Å²) in [4.78, 5) is 35.2. The van der Waals surface area contributed by atoms with Crippen LogP contribution >= 0.6 is 46.4 Å². The standard InChI is InChI=1S/C13H10Cl2FN3O4.C13H11Cl2FN2O2/c14-8-6-9(15)10(19(21)22)5-7(8)11-12(16)17-1-3-23-4-2-18(17)13(11)20;14-8-1-2-9(10(15)7-8)11-12(16)17-3-5-20-6-4-18(17)13(11)19/h5-6H,1-4H2;1-2,7H,3-6H2. The number of nitro groups is 1. The van der Waals surface area contributed by atoms with E-state index >= 15 is 0 Å². The zero-order valence-electron chi connectivity index (χ0n) is 22.0. The lowest BCUT2D eigenvalue weighted by molar-refractivity contribution is -0.384. The molecule has 0 bridgehead atoms. The van der Waals surface area contributed by atoms with Crippen molar-refractivity contribution in [1.82, 2.24) is 18.7 Å². The number of halogens is 6. The van der Waals surface area contributed by atoms with Gasteiger partial charge in [0.1, 0.15) is 16.1 Å². The molecular weight excluding hydrogens is 658 g/mol. The molecule has 2 aliphatic heterocycles. The number of nitro benzene ring substituents is 1. The molecule has 0 N–H and O–H groups in total. The molecule has 11 nitrogen and oxygen atoms in total. The first kappa shape index (κ1) is 31.2. The Bertz CT molecular complexity index is 1850. The second kappa shape index (κ2) is 12.8. The van der Waals surface area contributed by atoms with Crippen LogP contribution in [0.2, 0.25) is 20.1 Å². The number of ether oxygens (including phenoxy) is 2. The van der Waals surface area contributed by atoms with Gasteiger partial charge in [0.15, 0.2) is 0 Å². The van der Waals surface area contributed by atoms with Crippen molar-refractivity contribution in [2.45, 2.75) is 26.2 Å². The molecule has 2 aromatic heterocycles. The lowest BCUT2D eigenvalue weighted by Crippen LogP contribution is -2.23. The predicted molar refractivity (Wildman–Crippen MR) is 157 cm³/mol. The number of hydrogen-bond donors (Lipinski definition) is 0. The van der Waals surface area contributed by atoms with Crippen molar-refractivity contribution in [2.75, 3.05) is 26.4 Å². The molecule has 228 valence electrons. The summed E-state index contributed by atoms with van der Waals surface area (Å²) in [6.07, 6.45) is 0. The van der Waals surface area contributed by atoms with Crippen molar-refractivity contribution in [3.05, 3.63) is 93.1 Å². The molecule has 2 aromatic carbocycles. The molecule has 0 amide bonds. The van der Waals surface area contributed by atoms with Crippen molar-refractivity contribution in [2.24, 2.45) is 0 Å². The molecule has 0 unspecified atom stereocenters. The lowest BCUT2D eigenvalue weighted by atomic mass is 10.1. The van der Waals surface area contributed by atoms with Crippen molar-refractivity contribution in [3.8, 4) is 22.3 Å². The third-order valence-corrected chi connectivity index (χ3v) is 8.00. The van der Waals surface area contributed by atoms with Crippen LogP contribution in [0.25, 0.3) is 22.3 Å². The largest absolute Gasteiger partial charge is 0.378 e. The molecule has 4 heterocycles. The molecule has 0 aliphatic carbocycles. The van der Waals surface area contributed by atoms with Crippen LogP contribution in [0, 0.1) is 22.0 Å². The highest BCUT2D eigenvalue weighted by molar-refractivity contribution is 6.37. The molecule has 43 heavy (non-hydrogen) atoms. The summed E-state index contributed by atoms with van der Waals surface area (Å²) in [5.74, 6) is -1.40. The van der Waals surface area contributed by atoms with E-state index in [1.807, 2.05) is 0 Å². The molecule has 0 radical (unpaired) electrons. The van der Waals surface area contributed by atoms with Crippen LogP contribution in [0.3, 0.4) is 0 Å². The molecule has 0 fully saturated rings. The van der Waals surface area contributed by atoms with Crippen molar-refractivity contribution >= 4 is 52.1 Å². The zero-order valence-corrected chi connectivity index (χ0v) is 25.0. The number of benzene rings is 2. The Kier molecular flexibility index (Phi) is 9.30. The fraction of sp³-hybridized carbons (Fsp3) is 0.308. The number of fused-ring (bicyclic) bond motifs is 2. The fourth-order valence-electron chi connectivity index (χ4n) is 4.83. The van der Waals surface area contributed by atoms with E-state index in [0.717, 1.165) is 16.8 Å². The first-order valence-corrected chi connectivity index (χ1v) is 14.2. The van der Waals surface area contributed by atoms with E-state index < -0.39 is 33.6 Å². The molecule has 6 rings (SSSR count). The van der Waals surface area contributed by atoms with Gasteiger partial charge in [-0.15, -0.1) is 0 Å². The molecule has 4 aromatic rings. The minimum Gasteiger partial charge on any atom is -0.378 e. The predicted octanol–water partition coefficient (Wildman–Crippen LogP) is 5.49. The van der Waals surface area contributed by atoms with Gasteiger partial charge in [-0.3, -0.25) is 29.1 Å². The summed E-state index contributed by atoms with van der Waals surface area (Å²) < 4.78 is 44.6. The highest BCUT2D eigenvalue weighted by atomic mass is 35.5. The van der Waals surface area contributed by atoms with Crippen LogP contribution in [0.1, 0.15) is 0 Å². The number of rotatable bonds is 3. The quantitative estimate of drug-likeness (QED) is 0.209. The van der Waals surface area contributed by atoms with Gasteiger partial charge in [0, 0.05) is 22.2 Å². The van der Waals surface area contributed by atoms with E-state index in [2.05, 4.69) is 0 Å². The van der Waals surface area contributed by atoms with Gasteiger partial charge in [0.2, 0.25) is 11.9 Å². The second-order valence-electron chi connectivity index (χ2n) is 9.32. The molecule has 0 spiro atoms. The normalized spacial score (nSPS) is 14.7. The van der Waals surface area contributed by atoms with Gasteiger partial charge in [-0.2, -0.15) is 8.78 Å². The van der Waals surface area contributed by atoms with E-state index in [9.17, 15) is 28.5 Å². The van der Waals surface area contributed by atoms with Gasteiger partial charge < -0.3 is 9.47 Å². The Hall–Kier alpha value is -3.20. The van der Waals surface area contributed by atoms with Crippen LogP contribution in [0.4, 0.5) is 14.5 Å². The lowest BCUT2D eigenvalue weighted by Gasteiger charge is -2.05. The monoisotopic (exact) mass is 677 g/mol. The third kappa shape index (κ3) is 5.97. The van der Waals surface area contributed by atoms with Gasteiger partial charge in [0.25, 0.3) is 16.8 Å². The number of hydrogen-bond acceptors (Lipinski definition) is 6. The van der Waals surface area contributed by atoms with Crippen LogP contribution in [0.5, 0.6) is 0 Å². The second-order valence-corrected chi connectivity index (χ2v) is 11.0. The minimum absolute atomic E-state index is 0.0198. The Morgan fingerprint density at radius 3 is 1.63 bits per heavy atom. The highest BCUT2D eigenvalue weighted by Gasteiger charge is 2.27. The van der Waals surface area contributed by atoms with Crippen LogP contribution in [0.15, 0.2) is 39.9 Å². The van der Waals surface area contributed by atoms with E-state index in [0.29, 0.717) is 36.9 Å². The molecular formula is C26H21Cl4F2N5O6. The SMILES string of the molecule is O=c1c(-c2cc([N+](=O)[O-])c(Cl)cc2Cl)c(F)n2n1CCOCC2.O=c1c(-c2ccc(Cl)cc2Cl)c(F)n2n1CCOCC2. The van der Waals surface area contributed by atoms with E-state index in [1.54, 1.807) is 12.1 Å². The van der Waals surface area contributed by atoms with Crippen molar-refractivity contribution in [1.29, 1.82) is 0 Å². The summed E-state index contributed by atoms with van der Waals surface area (Å²) in [7, 11) is 0. The van der Waals surface area contributed by atoms with E-state index in [1.165, 1.54) is 20.1 Å². The van der Waals surface area contributed by atoms with Gasteiger partial charge >= 0.3 is 0 Å². The smallest absolute Gasteiger partial charge is 0.288 e. The maximum Gasteiger partial charge on any atom is 0.288 e. The molecule has 0 saturated carbocycles. The highest BCUT2D eigenvalue weighted by Crippen LogP contribution is 2.36. The zero-order chi connectivity index (χ0) is 31.0. The Morgan fingerprint density at radius 2 is 1.14 bits per heavy atom. The molecule has 0 saturated heterocycles. The average molecular weight is 679 g/mol. The van der Waals surface area contributed by atoms with E-state index in [-0.39, 0.29) is 58.1 Å². The Morgan fingerprint density at radius 1 is 0.674 bits per heavy atom. The summed E-state index contributed by atoms with van der Waals surface area (Å²) in [5.41, 5.74) is -1.50. The van der Waals surface area contributed by atoms with Gasteiger partial charge in [0.05, 0.1) is 67.6 Å². The van der Waals surface area contributed by atoms with Gasteiger partial charge in [-0.25, -0.2) is 9.36 Å². The minimum atomic E-state index is -0.806. The van der Waals surface area contributed by atoms with Gasteiger partial charge in [-0.05, 0) is 18.2 Å². The topological polar surface area (TPSA) is 115 Å². The first-order chi connectivity index (χ1) is 20.5. The number of nitrogens with zero attached hydrogens (tertiary/aromatic N) is 5. The molecule has 17 heteroatoms. The molecule has 2 aliphatic rings. The summed E-state index contributed by atoms with van der Waals surface area (Å²) in [6.45, 7) is 2.26. The average Bonchev–Trinajstić information content (AvgIpc) is 3.20. The van der Waals surface area contributed by atoms with Crippen LogP contribution < -0.4 is 11.1 Å². The van der Waals surface area contributed by atoms with Crippen molar-refractivity contribution in [3.63, 3.8) is 0 Å². The summed E-state index contributed by atoms with van der Waals surface area (Å²) in [5, 5.41) is 11.5. The summed E-state index contributed by atoms with van der Waals surface area (Å²) >= 11 is 23.7. The van der Waals surface area contributed by atoms with Crippen LogP contribution in [-0.2, 0) is 35.7 Å². The Balaban J connectivity index is 0.000000173. The van der Waals surface area contributed by atoms with Gasteiger partial charge in [-0.1, -0.05) is 52.5 Å². The Labute approximate surface area is 261 Å². The maximum atomic E-state index is 14.7. The maximum absolute atomic E-state index is 14.7. The first-order valence-electron chi connectivity index (χ1n) is 12.7. The van der Waals surface area contributed by atoms with E-state index in [4.69, 9.17) is 55.9 Å². The number of aromatic nitrogens is 4. The molecule has 0 atom stereocenters. The third-order valence-electron chi connectivity index (χ3n) is 6.84. The van der Waals surface area contributed by atoms with Crippen molar-refractivity contribution < 1.29 is 23.2 Å². The fourth-order valence-corrected chi connectivity index (χ4v) is 5.88.